The number of hydrogen-bond acceptors (Lipinski definition) is 3. The average molecular weight is 215 g/mol. The lowest BCUT2D eigenvalue weighted by atomic mass is 10.0. The molecule has 1 aliphatic rings. The molecule has 16 heavy (non-hydrogen) atoms. The van der Waals surface area contributed by atoms with E-state index < -0.39 is 0 Å². The van der Waals surface area contributed by atoms with Crippen LogP contribution in [0.2, 0.25) is 0 Å². The predicted molar refractivity (Wildman–Crippen MR) is 64.2 cm³/mol. The van der Waals surface area contributed by atoms with Crippen molar-refractivity contribution in [2.24, 2.45) is 5.92 Å². The van der Waals surface area contributed by atoms with Crippen LogP contribution in [0.4, 0.5) is 5.69 Å². The SMILES string of the molecule is CC(C)C1CCCN1c1ccc(C#N)nc1. The molecule has 0 aliphatic carbocycles. The van der Waals surface area contributed by atoms with Crippen LogP contribution in [0, 0.1) is 17.2 Å². The lowest BCUT2D eigenvalue weighted by Gasteiger charge is -2.29. The van der Waals surface area contributed by atoms with Crippen LogP contribution in [0.25, 0.3) is 0 Å². The van der Waals surface area contributed by atoms with Crippen molar-refractivity contribution in [3.63, 3.8) is 0 Å². The quantitative estimate of drug-likeness (QED) is 0.761. The van der Waals surface area contributed by atoms with Crippen molar-refractivity contribution in [1.82, 2.24) is 4.98 Å². The zero-order valence-electron chi connectivity index (χ0n) is 9.85. The molecule has 1 aromatic rings. The number of nitriles is 1. The Labute approximate surface area is 96.7 Å². The molecule has 0 aromatic carbocycles. The van der Waals surface area contributed by atoms with E-state index in [0.29, 0.717) is 17.7 Å². The Kier molecular flexibility index (Phi) is 3.09. The molecule has 0 radical (unpaired) electrons. The standard InChI is InChI=1S/C13H17N3/c1-10(2)13-4-3-7-16(13)12-6-5-11(8-14)15-9-12/h5-6,9-10,13H,3-4,7H2,1-2H3. The molecule has 3 nitrogen and oxygen atoms in total. The topological polar surface area (TPSA) is 39.9 Å². The van der Waals surface area contributed by atoms with E-state index in [1.54, 1.807) is 6.07 Å². The summed E-state index contributed by atoms with van der Waals surface area (Å²) >= 11 is 0. The van der Waals surface area contributed by atoms with Crippen molar-refractivity contribution < 1.29 is 0 Å². The van der Waals surface area contributed by atoms with Crippen LogP contribution in [0.3, 0.4) is 0 Å². The number of anilines is 1. The first-order valence-electron chi connectivity index (χ1n) is 5.85. The highest BCUT2D eigenvalue weighted by molar-refractivity contribution is 5.48. The van der Waals surface area contributed by atoms with Gasteiger partial charge in [0.25, 0.3) is 0 Å². The summed E-state index contributed by atoms with van der Waals surface area (Å²) in [5, 5.41) is 8.71. The summed E-state index contributed by atoms with van der Waals surface area (Å²) in [5.41, 5.74) is 1.64. The summed E-state index contributed by atoms with van der Waals surface area (Å²) in [6.07, 6.45) is 4.33. The van der Waals surface area contributed by atoms with Gasteiger partial charge in [0.1, 0.15) is 11.8 Å². The molecule has 84 valence electrons. The minimum absolute atomic E-state index is 0.490. The molecule has 0 bridgehead atoms. The second-order valence-electron chi connectivity index (χ2n) is 4.66. The lowest BCUT2D eigenvalue weighted by molar-refractivity contribution is 0.491. The Morgan fingerprint density at radius 3 is 2.88 bits per heavy atom. The number of hydrogen-bond donors (Lipinski definition) is 0. The number of aromatic nitrogens is 1. The Morgan fingerprint density at radius 2 is 2.31 bits per heavy atom. The van der Waals surface area contributed by atoms with Crippen molar-refractivity contribution in [1.29, 1.82) is 5.26 Å². The zero-order chi connectivity index (χ0) is 11.5. The zero-order valence-corrected chi connectivity index (χ0v) is 9.85. The molecule has 1 unspecified atom stereocenters. The maximum atomic E-state index is 8.71. The first-order chi connectivity index (χ1) is 7.72. The van der Waals surface area contributed by atoms with Crippen LogP contribution in [-0.2, 0) is 0 Å². The number of rotatable bonds is 2. The van der Waals surface area contributed by atoms with Gasteiger partial charge in [-0.3, -0.25) is 0 Å². The molecule has 3 heteroatoms. The fourth-order valence-electron chi connectivity index (χ4n) is 2.43. The molecule has 2 rings (SSSR count). The molecule has 1 aliphatic heterocycles. The van der Waals surface area contributed by atoms with Crippen molar-refractivity contribution in [3.8, 4) is 6.07 Å². The smallest absolute Gasteiger partial charge is 0.140 e. The van der Waals surface area contributed by atoms with Crippen LogP contribution >= 0.6 is 0 Å². The van der Waals surface area contributed by atoms with Crippen molar-refractivity contribution in [3.05, 3.63) is 24.0 Å². The summed E-state index contributed by atoms with van der Waals surface area (Å²) in [4.78, 5) is 6.55. The van der Waals surface area contributed by atoms with E-state index in [4.69, 9.17) is 5.26 Å². The van der Waals surface area contributed by atoms with Crippen LogP contribution in [-0.4, -0.2) is 17.6 Å². The predicted octanol–water partition coefficient (Wildman–Crippen LogP) is 2.58. The molecule has 0 saturated carbocycles. The Bertz CT molecular complexity index is 389. The van der Waals surface area contributed by atoms with Gasteiger partial charge in [-0.15, -0.1) is 0 Å². The molecule has 1 aromatic heterocycles. The van der Waals surface area contributed by atoms with Gasteiger partial charge in [-0.25, -0.2) is 4.98 Å². The van der Waals surface area contributed by atoms with E-state index in [0.717, 1.165) is 12.2 Å². The molecule has 2 heterocycles. The summed E-state index contributed by atoms with van der Waals surface area (Å²) < 4.78 is 0. The second kappa shape index (κ2) is 4.52. The third kappa shape index (κ3) is 2.01. The van der Waals surface area contributed by atoms with E-state index in [1.807, 2.05) is 18.3 Å². The first-order valence-corrected chi connectivity index (χ1v) is 5.85. The lowest BCUT2D eigenvalue weighted by Crippen LogP contribution is -2.33. The summed E-state index contributed by atoms with van der Waals surface area (Å²) in [7, 11) is 0. The van der Waals surface area contributed by atoms with Crippen LogP contribution in [0.5, 0.6) is 0 Å². The van der Waals surface area contributed by atoms with Gasteiger partial charge in [0.2, 0.25) is 0 Å². The molecule has 0 spiro atoms. The third-order valence-corrected chi connectivity index (χ3v) is 3.26. The van der Waals surface area contributed by atoms with Crippen molar-refractivity contribution in [2.75, 3.05) is 11.4 Å². The second-order valence-corrected chi connectivity index (χ2v) is 4.66. The largest absolute Gasteiger partial charge is 0.367 e. The fraction of sp³-hybridized carbons (Fsp3) is 0.538. The van der Waals surface area contributed by atoms with E-state index in [-0.39, 0.29) is 0 Å². The Morgan fingerprint density at radius 1 is 1.50 bits per heavy atom. The Balaban J connectivity index is 2.20. The van der Waals surface area contributed by atoms with E-state index in [2.05, 4.69) is 23.7 Å². The number of pyridine rings is 1. The summed E-state index contributed by atoms with van der Waals surface area (Å²) in [6, 6.07) is 6.47. The first kappa shape index (κ1) is 10.9. The molecule has 1 fully saturated rings. The van der Waals surface area contributed by atoms with Gasteiger partial charge >= 0.3 is 0 Å². The number of nitrogens with zero attached hydrogens (tertiary/aromatic N) is 3. The summed E-state index contributed by atoms with van der Waals surface area (Å²) in [5.74, 6) is 0.665. The van der Waals surface area contributed by atoms with Gasteiger partial charge in [-0.05, 0) is 30.9 Å². The maximum absolute atomic E-state index is 8.71. The normalized spacial score (nSPS) is 20.1. The fourth-order valence-corrected chi connectivity index (χ4v) is 2.43. The summed E-state index contributed by atoms with van der Waals surface area (Å²) in [6.45, 7) is 5.64. The minimum atomic E-state index is 0.490. The monoisotopic (exact) mass is 215 g/mol. The van der Waals surface area contributed by atoms with Crippen molar-refractivity contribution >= 4 is 5.69 Å². The van der Waals surface area contributed by atoms with Crippen LogP contribution < -0.4 is 4.90 Å². The average Bonchev–Trinajstić information content (AvgIpc) is 2.78. The van der Waals surface area contributed by atoms with E-state index in [9.17, 15) is 0 Å². The van der Waals surface area contributed by atoms with Gasteiger partial charge in [0.15, 0.2) is 0 Å². The van der Waals surface area contributed by atoms with E-state index in [1.165, 1.54) is 12.8 Å². The highest BCUT2D eigenvalue weighted by atomic mass is 15.2. The molecule has 0 amide bonds. The minimum Gasteiger partial charge on any atom is -0.367 e. The molecule has 1 atom stereocenters. The van der Waals surface area contributed by atoms with Crippen molar-refractivity contribution in [2.45, 2.75) is 32.7 Å². The maximum Gasteiger partial charge on any atom is 0.140 e. The Hall–Kier alpha value is -1.56. The van der Waals surface area contributed by atoms with Crippen LogP contribution in [0.15, 0.2) is 18.3 Å². The van der Waals surface area contributed by atoms with Gasteiger partial charge in [0, 0.05) is 12.6 Å². The van der Waals surface area contributed by atoms with Gasteiger partial charge in [-0.2, -0.15) is 5.26 Å². The third-order valence-electron chi connectivity index (χ3n) is 3.26. The van der Waals surface area contributed by atoms with Gasteiger partial charge in [-0.1, -0.05) is 13.8 Å². The van der Waals surface area contributed by atoms with Gasteiger partial charge in [0.05, 0.1) is 11.9 Å². The van der Waals surface area contributed by atoms with Crippen LogP contribution in [0.1, 0.15) is 32.4 Å². The molecular weight excluding hydrogens is 198 g/mol. The van der Waals surface area contributed by atoms with Gasteiger partial charge < -0.3 is 4.90 Å². The molecular formula is C13H17N3. The van der Waals surface area contributed by atoms with E-state index >= 15 is 0 Å². The highest BCUT2D eigenvalue weighted by Gasteiger charge is 2.27. The highest BCUT2D eigenvalue weighted by Crippen LogP contribution is 2.29. The molecule has 0 N–H and O–H groups in total. The molecule has 1 saturated heterocycles.